The van der Waals surface area contributed by atoms with Crippen molar-refractivity contribution in [2.24, 2.45) is 0 Å². The Kier molecular flexibility index (Phi) is 11.9. The molecule has 2 aromatic rings. The maximum atomic E-state index is 12.3. The van der Waals surface area contributed by atoms with Crippen LogP contribution in [0.1, 0.15) is 24.4 Å². The zero-order valence-corrected chi connectivity index (χ0v) is 27.9. The minimum atomic E-state index is -6.20. The number of hydrogen-bond acceptors (Lipinski definition) is 18. The first-order valence-electron chi connectivity index (χ1n) is 13.2. The average Bonchev–Trinajstić information content (AvgIpc) is 3.45. The number of phosphoric acid groups is 4. The van der Waals surface area contributed by atoms with Crippen LogP contribution in [0.15, 0.2) is 37.6 Å². The molecular formula is C19H28N4O22P4. The zero-order valence-electron chi connectivity index (χ0n) is 24.3. The minimum absolute atomic E-state index is 0.108. The Morgan fingerprint density at radius 3 is 1.88 bits per heavy atom. The molecule has 11 atom stereocenters. The van der Waals surface area contributed by atoms with Crippen molar-refractivity contribution in [3.8, 4) is 0 Å². The summed E-state index contributed by atoms with van der Waals surface area (Å²) in [6, 6.07) is 0.875. The molecule has 0 aromatic carbocycles. The lowest BCUT2D eigenvalue weighted by Gasteiger charge is -2.21. The van der Waals surface area contributed by atoms with Gasteiger partial charge in [0.15, 0.2) is 6.23 Å². The number of ether oxygens (including phenoxy) is 2. The summed E-state index contributed by atoms with van der Waals surface area (Å²) >= 11 is 0. The number of aromatic amines is 2. The van der Waals surface area contributed by atoms with Crippen molar-refractivity contribution >= 4 is 31.3 Å². The maximum absolute atomic E-state index is 12.3. The number of nitrogens with one attached hydrogen (secondary N) is 2. The van der Waals surface area contributed by atoms with Crippen LogP contribution in [0.25, 0.3) is 0 Å². The number of hydrogen-bond donors (Lipinski definition) is 9. The molecule has 0 radical (unpaired) electrons. The van der Waals surface area contributed by atoms with Crippen LogP contribution < -0.4 is 22.5 Å². The van der Waals surface area contributed by atoms with Gasteiger partial charge >= 0.3 is 42.7 Å². The first-order chi connectivity index (χ1) is 22.5. The Balaban J connectivity index is 1.30. The van der Waals surface area contributed by atoms with Gasteiger partial charge in [-0.2, -0.15) is 12.9 Å². The number of aliphatic hydroxyl groups is 3. The van der Waals surface area contributed by atoms with Crippen molar-refractivity contribution < 1.29 is 84.6 Å². The van der Waals surface area contributed by atoms with Crippen molar-refractivity contribution in [2.75, 3.05) is 13.2 Å². The van der Waals surface area contributed by atoms with E-state index in [2.05, 4.69) is 22.0 Å². The Morgan fingerprint density at radius 1 is 0.776 bits per heavy atom. The number of aryl methyl sites for hydroxylation is 1. The second kappa shape index (κ2) is 14.8. The molecule has 2 aromatic heterocycles. The van der Waals surface area contributed by atoms with E-state index in [0.29, 0.717) is 4.57 Å². The number of H-pyrrole nitrogens is 2. The fourth-order valence-electron chi connectivity index (χ4n) is 4.36. The molecule has 0 saturated carbocycles. The lowest BCUT2D eigenvalue weighted by molar-refractivity contribution is -0.0542. The van der Waals surface area contributed by atoms with Gasteiger partial charge in [-0.25, -0.2) is 27.8 Å². The molecule has 4 unspecified atom stereocenters. The van der Waals surface area contributed by atoms with Crippen LogP contribution in [0.2, 0.25) is 0 Å². The van der Waals surface area contributed by atoms with Gasteiger partial charge in [-0.05, 0) is 6.92 Å². The third kappa shape index (κ3) is 10.2. The molecule has 2 saturated heterocycles. The van der Waals surface area contributed by atoms with E-state index in [-0.39, 0.29) is 12.0 Å². The highest BCUT2D eigenvalue weighted by Gasteiger charge is 2.49. The van der Waals surface area contributed by atoms with E-state index in [0.717, 1.165) is 23.0 Å². The molecule has 49 heavy (non-hydrogen) atoms. The summed E-state index contributed by atoms with van der Waals surface area (Å²) in [7, 11) is -23.9. The van der Waals surface area contributed by atoms with Gasteiger partial charge in [-0.1, -0.05) is 0 Å². The van der Waals surface area contributed by atoms with Gasteiger partial charge in [0.25, 0.3) is 11.1 Å². The first-order valence-corrected chi connectivity index (χ1v) is 19.2. The van der Waals surface area contributed by atoms with Crippen molar-refractivity contribution in [3.63, 3.8) is 0 Å². The molecule has 30 heteroatoms. The first kappa shape index (κ1) is 39.5. The topological polar surface area (TPSA) is 384 Å². The summed E-state index contributed by atoms with van der Waals surface area (Å²) in [4.78, 5) is 89.8. The van der Waals surface area contributed by atoms with Crippen LogP contribution in [-0.4, -0.2) is 97.7 Å². The largest absolute Gasteiger partial charge is 0.490 e. The third-order valence-electron chi connectivity index (χ3n) is 6.55. The quantitative estimate of drug-likeness (QED) is 0.0870. The van der Waals surface area contributed by atoms with E-state index in [1.807, 2.05) is 9.97 Å². The van der Waals surface area contributed by atoms with E-state index in [1.165, 1.54) is 6.92 Å². The molecular weight excluding hydrogens is 760 g/mol. The maximum Gasteiger partial charge on any atom is 0.490 e. The summed E-state index contributed by atoms with van der Waals surface area (Å²) in [5.74, 6) is 0. The summed E-state index contributed by atoms with van der Waals surface area (Å²) in [5.41, 5.74) is -3.35. The summed E-state index contributed by atoms with van der Waals surface area (Å²) in [5, 5.41) is 30.6. The van der Waals surface area contributed by atoms with Gasteiger partial charge in [0.1, 0.15) is 30.6 Å². The van der Waals surface area contributed by atoms with Gasteiger partial charge in [-0.3, -0.25) is 37.7 Å². The van der Waals surface area contributed by atoms with Crippen LogP contribution in [0.4, 0.5) is 0 Å². The highest BCUT2D eigenvalue weighted by Crippen LogP contribution is 2.71. The van der Waals surface area contributed by atoms with Gasteiger partial charge in [0, 0.05) is 30.4 Å². The van der Waals surface area contributed by atoms with Gasteiger partial charge in [-0.15, -0.1) is 0 Å². The van der Waals surface area contributed by atoms with Gasteiger partial charge < -0.3 is 44.4 Å². The molecule has 26 nitrogen and oxygen atoms in total. The number of phosphoric ester groups is 2. The van der Waals surface area contributed by atoms with Crippen LogP contribution in [0.5, 0.6) is 0 Å². The van der Waals surface area contributed by atoms with Crippen LogP contribution >= 0.6 is 31.3 Å². The van der Waals surface area contributed by atoms with E-state index in [9.17, 15) is 72.3 Å². The zero-order chi connectivity index (χ0) is 36.7. The van der Waals surface area contributed by atoms with E-state index < -0.39 is 110 Å². The fraction of sp³-hybridized carbons (Fsp3) is 0.579. The highest BCUT2D eigenvalue weighted by atomic mass is 31.3. The molecule has 276 valence electrons. The van der Waals surface area contributed by atoms with E-state index in [1.54, 1.807) is 0 Å². The second-order valence-corrected chi connectivity index (χ2v) is 16.4. The number of aromatic nitrogens is 4. The highest BCUT2D eigenvalue weighted by molar-refractivity contribution is 7.69. The SMILES string of the molecule is Cc1cn([C@@H]2C[C@H](O)[C@@H](COP(=O)(O)OP(=O)(O)OP(=O)(O)OP(=O)(O)OC[C@H]3O[C@@H](n4ccc(=O)[nH]c4=O)[C@H](O)[C@@H]3O)O2)c(=O)[nH]c1=O. The number of aliphatic hydroxyl groups excluding tert-OH is 3. The Labute approximate surface area is 270 Å². The third-order valence-corrected chi connectivity index (χ3v) is 12.4. The van der Waals surface area contributed by atoms with Crippen molar-refractivity contribution in [1.29, 1.82) is 0 Å². The summed E-state index contributed by atoms with van der Waals surface area (Å²) in [6.07, 6.45) is -9.52. The summed E-state index contributed by atoms with van der Waals surface area (Å²) in [6.45, 7) is -0.865. The molecule has 0 amide bonds. The lowest BCUT2D eigenvalue weighted by atomic mass is 10.1. The van der Waals surface area contributed by atoms with Gasteiger partial charge in [0.2, 0.25) is 0 Å². The van der Waals surface area contributed by atoms with E-state index in [4.69, 9.17) is 9.47 Å². The molecule has 0 bridgehead atoms. The van der Waals surface area contributed by atoms with Gasteiger partial charge in [0.05, 0.1) is 19.3 Å². The molecule has 0 aliphatic carbocycles. The molecule has 4 rings (SSSR count). The minimum Gasteiger partial charge on any atom is -0.390 e. The van der Waals surface area contributed by atoms with E-state index >= 15 is 0 Å². The molecule has 2 fully saturated rings. The molecule has 4 heterocycles. The normalized spacial score (nSPS) is 30.7. The fourth-order valence-corrected chi connectivity index (χ4v) is 9.32. The van der Waals surface area contributed by atoms with Crippen LogP contribution in [0.3, 0.4) is 0 Å². The van der Waals surface area contributed by atoms with Crippen molar-refractivity contribution in [2.45, 2.75) is 56.3 Å². The predicted molar refractivity (Wildman–Crippen MR) is 152 cm³/mol. The molecule has 2 aliphatic heterocycles. The standard InChI is InChI=1S/C19H28N4O22P4/c1-8-5-23(19(30)21-16(8)28)13-4-9(24)10(41-13)6-39-46(31,32)43-48(35,36)45-49(37,38)44-47(33,34)40-7-11-14(26)15(27)17(42-11)22-3-2-12(25)20-18(22)29/h2-3,5,9-11,13-15,17,24,26-27H,4,6-7H2,1H3,(H,31,32)(H,33,34)(H,35,36)(H,37,38)(H,20,25,29)(H,21,28,30)/t9-,10+,11+,13-,14+,15+,17+/m0/s1. The van der Waals surface area contributed by atoms with Crippen molar-refractivity contribution in [1.82, 2.24) is 19.1 Å². The Bertz CT molecular complexity index is 1980. The molecule has 0 spiro atoms. The van der Waals surface area contributed by atoms with Crippen molar-refractivity contribution in [3.05, 3.63) is 65.7 Å². The number of rotatable bonds is 14. The van der Waals surface area contributed by atoms with Crippen LogP contribution in [-0.2, 0) is 49.7 Å². The molecule has 9 N–H and O–H groups in total. The van der Waals surface area contributed by atoms with Crippen LogP contribution in [0, 0.1) is 6.92 Å². The number of nitrogens with zero attached hydrogens (tertiary/aromatic N) is 2. The molecule has 2 aliphatic rings. The summed E-state index contributed by atoms with van der Waals surface area (Å²) < 4.78 is 81.3. The Hall–Kier alpha value is -2.28. The second-order valence-electron chi connectivity index (χ2n) is 10.2. The monoisotopic (exact) mass is 788 g/mol. The predicted octanol–water partition coefficient (Wildman–Crippen LogP) is -2.85. The lowest BCUT2D eigenvalue weighted by Crippen LogP contribution is -2.37. The Morgan fingerprint density at radius 2 is 1.31 bits per heavy atom. The average molecular weight is 788 g/mol. The smallest absolute Gasteiger partial charge is 0.390 e.